The van der Waals surface area contributed by atoms with E-state index < -0.39 is 76.3 Å². The molecule has 316 valence electrons. The third-order valence-corrected chi connectivity index (χ3v) is 15.1. The number of benzene rings is 2. The number of halogens is 6. The normalized spacial score (nSPS) is 25.0. The maximum Gasteiger partial charge on any atom is 0.433 e. The Labute approximate surface area is 368 Å². The highest BCUT2D eigenvalue weighted by molar-refractivity contribution is 9.10. The molecule has 12 nitrogen and oxygen atoms in total. The average molecular weight is 959 g/mol. The first-order valence-corrected chi connectivity index (χ1v) is 21.4. The Morgan fingerprint density at radius 2 is 1.77 bits per heavy atom. The summed E-state index contributed by atoms with van der Waals surface area (Å²) in [5.41, 5.74) is -0.527. The summed E-state index contributed by atoms with van der Waals surface area (Å²) in [6.45, 7) is 3.63. The topological polar surface area (TPSA) is 138 Å². The number of pyridine rings is 1. The van der Waals surface area contributed by atoms with Crippen LogP contribution in [0.5, 0.6) is 11.5 Å². The van der Waals surface area contributed by atoms with Gasteiger partial charge in [0.05, 0.1) is 40.2 Å². The van der Waals surface area contributed by atoms with E-state index >= 15 is 9.59 Å². The van der Waals surface area contributed by atoms with Crippen LogP contribution in [-0.4, -0.2) is 62.7 Å². The van der Waals surface area contributed by atoms with E-state index in [0.717, 1.165) is 41.5 Å². The van der Waals surface area contributed by atoms with Crippen LogP contribution in [0.3, 0.4) is 0 Å². The lowest BCUT2D eigenvalue weighted by atomic mass is 9.51. The van der Waals surface area contributed by atoms with Gasteiger partial charge in [0, 0.05) is 45.8 Å². The van der Waals surface area contributed by atoms with Crippen molar-refractivity contribution in [2.24, 2.45) is 36.1 Å². The highest BCUT2D eigenvalue weighted by Crippen LogP contribution is 2.65. The number of carbonyl (C=O) groups is 4. The molecule has 5 aromatic rings. The zero-order valence-electron chi connectivity index (χ0n) is 32.8. The Kier molecular flexibility index (Phi) is 9.69. The summed E-state index contributed by atoms with van der Waals surface area (Å²) in [5.74, 6) is -7.91. The van der Waals surface area contributed by atoms with Crippen molar-refractivity contribution < 1.29 is 42.2 Å². The number of hydrazine groups is 1. The largest absolute Gasteiger partial charge is 0.504 e. The van der Waals surface area contributed by atoms with Crippen LogP contribution in [-0.2, 0) is 32.4 Å². The van der Waals surface area contributed by atoms with Gasteiger partial charge < -0.3 is 9.84 Å². The first-order chi connectivity index (χ1) is 28.8. The second-order valence-electron chi connectivity index (χ2n) is 15.9. The lowest BCUT2D eigenvalue weighted by Crippen LogP contribution is -2.49. The summed E-state index contributed by atoms with van der Waals surface area (Å²) in [6, 6.07) is 12.2. The molecule has 2 saturated heterocycles. The monoisotopic (exact) mass is 956 g/mol. The number of fused-ring (bicyclic) bond motifs is 5. The van der Waals surface area contributed by atoms with Crippen LogP contribution in [0, 0.1) is 36.0 Å². The first-order valence-electron chi connectivity index (χ1n) is 19.0. The number of methoxy groups -OCH3 is 1. The van der Waals surface area contributed by atoms with Gasteiger partial charge in [-0.25, -0.2) is 9.88 Å². The summed E-state index contributed by atoms with van der Waals surface area (Å²) in [5, 5.41) is 19.5. The predicted molar refractivity (Wildman–Crippen MR) is 225 cm³/mol. The number of aromatic nitrogens is 3. The molecule has 0 spiro atoms. The molecule has 2 aliphatic heterocycles. The summed E-state index contributed by atoms with van der Waals surface area (Å²) < 4.78 is 49.7. The van der Waals surface area contributed by atoms with E-state index in [9.17, 15) is 27.9 Å². The Hall–Kier alpha value is -4.97. The van der Waals surface area contributed by atoms with E-state index in [1.165, 1.54) is 30.2 Å². The molecule has 19 heteroatoms. The molecule has 3 fully saturated rings. The fraction of sp³-hybridized carbons (Fsp3) is 0.333. The number of hydrogen-bond donors (Lipinski definition) is 1. The van der Waals surface area contributed by atoms with Gasteiger partial charge in [0.25, 0.3) is 11.8 Å². The number of ether oxygens (including phenoxy) is 1. The van der Waals surface area contributed by atoms with Crippen molar-refractivity contribution in [3.05, 3.63) is 91.5 Å². The Morgan fingerprint density at radius 3 is 2.48 bits per heavy atom. The molecule has 1 saturated carbocycles. The second-order valence-corrected chi connectivity index (χ2v) is 18.7. The van der Waals surface area contributed by atoms with E-state index in [4.69, 9.17) is 33.0 Å². The zero-order chi connectivity index (χ0) is 43.8. The van der Waals surface area contributed by atoms with Gasteiger partial charge in [-0.1, -0.05) is 50.8 Å². The molecule has 9 rings (SSSR count). The van der Waals surface area contributed by atoms with Gasteiger partial charge in [0.1, 0.15) is 17.2 Å². The molecule has 3 aromatic heterocycles. The van der Waals surface area contributed by atoms with E-state index in [-0.39, 0.29) is 40.7 Å². The number of hydrogen-bond acceptors (Lipinski definition) is 10. The molecule has 6 unspecified atom stereocenters. The number of thiophene rings is 1. The van der Waals surface area contributed by atoms with Crippen molar-refractivity contribution >= 4 is 95.8 Å². The van der Waals surface area contributed by atoms with Crippen LogP contribution < -0.4 is 14.6 Å². The number of allylic oxidation sites excluding steroid dienone is 2. The Bertz CT molecular complexity index is 2810. The number of phenolic OH excluding ortho intramolecular Hbond substituents is 1. The summed E-state index contributed by atoms with van der Waals surface area (Å²) in [7, 11) is 4.25. The third-order valence-electron chi connectivity index (χ3n) is 12.8. The van der Waals surface area contributed by atoms with Crippen molar-refractivity contribution in [2.75, 3.05) is 24.1 Å². The first kappa shape index (κ1) is 41.4. The molecule has 61 heavy (non-hydrogen) atoms. The molecule has 5 heterocycles. The minimum Gasteiger partial charge on any atom is -0.504 e. The van der Waals surface area contributed by atoms with E-state index in [1.54, 1.807) is 44.3 Å². The molecular weight excluding hydrogens is 924 g/mol. The minimum absolute atomic E-state index is 0.0228. The maximum absolute atomic E-state index is 15.3. The quantitative estimate of drug-likeness (QED) is 0.131. The number of alkyl halides is 3. The molecule has 0 bridgehead atoms. The van der Waals surface area contributed by atoms with Crippen molar-refractivity contribution in [1.82, 2.24) is 19.8 Å². The fourth-order valence-corrected chi connectivity index (χ4v) is 12.0. The van der Waals surface area contributed by atoms with Gasteiger partial charge in [-0.3, -0.25) is 28.9 Å². The second kappa shape index (κ2) is 14.3. The van der Waals surface area contributed by atoms with Crippen LogP contribution in [0.4, 0.5) is 24.8 Å². The lowest BCUT2D eigenvalue weighted by molar-refractivity contribution is -0.141. The van der Waals surface area contributed by atoms with Gasteiger partial charge in [-0.15, -0.1) is 11.3 Å². The third kappa shape index (κ3) is 6.04. The fourth-order valence-electron chi connectivity index (χ4n) is 9.95. The molecule has 0 radical (unpaired) electrons. The molecule has 2 aliphatic carbocycles. The molecule has 6 atom stereocenters. The molecular formula is C42H34BrCl2F3N6O6S. The van der Waals surface area contributed by atoms with Crippen molar-refractivity contribution in [1.29, 1.82) is 0 Å². The lowest BCUT2D eigenvalue weighted by Gasteiger charge is -2.49. The number of aromatic hydroxyl groups is 1. The average Bonchev–Trinajstić information content (AvgIpc) is 3.88. The van der Waals surface area contributed by atoms with Gasteiger partial charge in [0.15, 0.2) is 17.3 Å². The summed E-state index contributed by atoms with van der Waals surface area (Å²) in [6.07, 6.45) is -3.06. The SMILES string of the molecule is COc1cc(Br)cc(C2C3=CCC4C(=O)N(N(C)c5nc(C(F)(F)F)ccc5Cl)C(=O)C4C3CC3C(=O)N(c4cc(-c5sc6ccc(Cl)cc6c5C)nn4C)C(=O)C32C)c1O. The smallest absolute Gasteiger partial charge is 0.433 e. The summed E-state index contributed by atoms with van der Waals surface area (Å²) >= 11 is 17.6. The van der Waals surface area contributed by atoms with Gasteiger partial charge in [-0.2, -0.15) is 23.3 Å². The number of nitrogens with zero attached hydrogens (tertiary/aromatic N) is 6. The molecule has 2 aromatic carbocycles. The summed E-state index contributed by atoms with van der Waals surface area (Å²) in [4.78, 5) is 64.8. The number of amides is 4. The van der Waals surface area contributed by atoms with Gasteiger partial charge in [-0.05, 0) is 86.0 Å². The van der Waals surface area contributed by atoms with Crippen LogP contribution in [0.25, 0.3) is 20.7 Å². The standard InChI is InChI=1S/C42H34BrCl2F3N6O6S/c1-17-22-14-19(44)6-10-29(22)61-35(17)27-16-31(51(3)50-27)53-38(57)25-15-23-20(33(41(25,2)40(53)59)24-12-18(43)13-28(60-5)34(24)55)7-8-21-32(23)39(58)54(37(21)56)52(4)36-26(45)9-11-30(49-36)42(46,47)48/h6-7,9-14,16,21,23,25,32-33,55H,8,15H2,1-5H3. The van der Waals surface area contributed by atoms with Crippen LogP contribution >= 0.6 is 50.5 Å². The zero-order valence-corrected chi connectivity index (χ0v) is 36.8. The highest BCUT2D eigenvalue weighted by atomic mass is 79.9. The van der Waals surface area contributed by atoms with Crippen molar-refractivity contribution in [3.63, 3.8) is 0 Å². The Morgan fingerprint density at radius 1 is 1.03 bits per heavy atom. The number of phenols is 1. The molecule has 1 N–H and O–H groups in total. The van der Waals surface area contributed by atoms with Crippen LogP contribution in [0.2, 0.25) is 10.0 Å². The van der Waals surface area contributed by atoms with Gasteiger partial charge in [0.2, 0.25) is 11.8 Å². The van der Waals surface area contributed by atoms with E-state index in [1.807, 2.05) is 19.1 Å². The Balaban J connectivity index is 1.15. The number of rotatable bonds is 6. The van der Waals surface area contributed by atoms with E-state index in [2.05, 4.69) is 20.9 Å². The molecule has 4 aliphatic rings. The predicted octanol–water partition coefficient (Wildman–Crippen LogP) is 9.09. The van der Waals surface area contributed by atoms with Crippen LogP contribution in [0.15, 0.2) is 64.7 Å². The number of aryl methyl sites for hydroxylation is 2. The number of carbonyl (C=O) groups excluding carboxylic acids is 4. The van der Waals surface area contributed by atoms with Crippen molar-refractivity contribution in [3.8, 4) is 22.1 Å². The molecule has 4 amide bonds. The van der Waals surface area contributed by atoms with Crippen LogP contribution in [0.1, 0.15) is 42.5 Å². The number of anilines is 2. The number of imide groups is 2. The van der Waals surface area contributed by atoms with Gasteiger partial charge >= 0.3 is 6.18 Å². The van der Waals surface area contributed by atoms with E-state index in [0.29, 0.717) is 26.8 Å². The van der Waals surface area contributed by atoms with Crippen molar-refractivity contribution in [2.45, 2.75) is 38.8 Å². The minimum atomic E-state index is -4.83. The highest BCUT2D eigenvalue weighted by Gasteiger charge is 2.68. The maximum atomic E-state index is 15.3.